The van der Waals surface area contributed by atoms with Crippen LogP contribution in [0.15, 0.2) is 59.5 Å². The van der Waals surface area contributed by atoms with Gasteiger partial charge in [0.05, 0.1) is 10.5 Å². The lowest BCUT2D eigenvalue weighted by Crippen LogP contribution is -2.13. The maximum absolute atomic E-state index is 12.5. The van der Waals surface area contributed by atoms with E-state index in [4.69, 9.17) is 4.84 Å². The lowest BCUT2D eigenvalue weighted by molar-refractivity contribution is -0.137. The average Bonchev–Trinajstić information content (AvgIpc) is 3.29. The van der Waals surface area contributed by atoms with Gasteiger partial charge in [0.15, 0.2) is 6.23 Å². The van der Waals surface area contributed by atoms with Gasteiger partial charge in [0, 0.05) is 5.56 Å². The summed E-state index contributed by atoms with van der Waals surface area (Å²) in [5, 5.41) is 0. The Labute approximate surface area is 124 Å². The van der Waals surface area contributed by atoms with E-state index in [0.717, 1.165) is 28.7 Å². The van der Waals surface area contributed by atoms with Crippen LogP contribution >= 0.6 is 0 Å². The van der Waals surface area contributed by atoms with Crippen molar-refractivity contribution >= 4 is 10.0 Å². The Morgan fingerprint density at radius 2 is 1.55 bits per heavy atom. The molecule has 116 valence electrons. The third-order valence-electron chi connectivity index (χ3n) is 3.15. The molecule has 3 rings (SSSR count). The number of sulfonamides is 1. The molecular weight excluding hydrogens is 319 g/mol. The van der Waals surface area contributed by atoms with Crippen LogP contribution in [0.4, 0.5) is 13.2 Å². The van der Waals surface area contributed by atoms with E-state index in [1.807, 2.05) is 0 Å². The normalized spacial score (nSPS) is 21.6. The minimum atomic E-state index is -4.51. The molecule has 4 nitrogen and oxygen atoms in total. The van der Waals surface area contributed by atoms with Gasteiger partial charge < -0.3 is 0 Å². The van der Waals surface area contributed by atoms with Crippen molar-refractivity contribution in [1.82, 2.24) is 4.47 Å². The molecule has 0 spiro atoms. The van der Waals surface area contributed by atoms with E-state index < -0.39 is 28.0 Å². The molecule has 2 aromatic rings. The second kappa shape index (κ2) is 5.08. The molecule has 1 aliphatic rings. The van der Waals surface area contributed by atoms with Gasteiger partial charge in [-0.1, -0.05) is 30.3 Å². The van der Waals surface area contributed by atoms with E-state index >= 15 is 0 Å². The molecule has 0 N–H and O–H groups in total. The minimum Gasteiger partial charge on any atom is -0.253 e. The lowest BCUT2D eigenvalue weighted by atomic mass is 10.2. The number of halogens is 3. The van der Waals surface area contributed by atoms with Gasteiger partial charge >= 0.3 is 6.18 Å². The number of nitrogens with zero attached hydrogens (tertiary/aromatic N) is 1. The summed E-state index contributed by atoms with van der Waals surface area (Å²) in [7, 11) is -3.98. The smallest absolute Gasteiger partial charge is 0.253 e. The summed E-state index contributed by atoms with van der Waals surface area (Å²) in [6, 6.07) is 12.0. The Bertz CT molecular complexity index is 773. The summed E-state index contributed by atoms with van der Waals surface area (Å²) in [5.74, 6) is 0. The van der Waals surface area contributed by atoms with Gasteiger partial charge in [-0.2, -0.15) is 13.2 Å². The number of rotatable bonds is 3. The van der Waals surface area contributed by atoms with Gasteiger partial charge in [-0.3, -0.25) is 4.84 Å². The Balaban J connectivity index is 1.83. The summed E-state index contributed by atoms with van der Waals surface area (Å²) < 4.78 is 62.7. The summed E-state index contributed by atoms with van der Waals surface area (Å²) in [4.78, 5) is 4.79. The standard InChI is InChI=1S/C14H10F3NO3S/c15-14(16,17)11-6-8-12(9-7-11)22(19,20)18-13(21-18)10-4-2-1-3-5-10/h1-9,13H. The fourth-order valence-corrected chi connectivity index (χ4v) is 3.23. The van der Waals surface area contributed by atoms with E-state index in [9.17, 15) is 21.6 Å². The van der Waals surface area contributed by atoms with Crippen LogP contribution in [0.2, 0.25) is 0 Å². The highest BCUT2D eigenvalue weighted by Gasteiger charge is 2.48. The number of hydroxylamine groups is 1. The largest absolute Gasteiger partial charge is 0.416 e. The van der Waals surface area contributed by atoms with Crippen LogP contribution in [0.3, 0.4) is 0 Å². The average molecular weight is 329 g/mol. The van der Waals surface area contributed by atoms with Crippen LogP contribution in [0.1, 0.15) is 17.4 Å². The highest BCUT2D eigenvalue weighted by molar-refractivity contribution is 7.89. The molecule has 0 aromatic heterocycles. The van der Waals surface area contributed by atoms with Gasteiger partial charge in [0.1, 0.15) is 0 Å². The predicted octanol–water partition coefficient (Wildman–Crippen LogP) is 3.34. The van der Waals surface area contributed by atoms with Crippen LogP contribution in [0, 0.1) is 0 Å². The molecule has 0 bridgehead atoms. The SMILES string of the molecule is O=S(=O)(c1ccc(C(F)(F)F)cc1)N1OC1c1ccccc1. The van der Waals surface area contributed by atoms with Crippen LogP contribution in [-0.2, 0) is 21.0 Å². The first-order valence-corrected chi connectivity index (χ1v) is 7.67. The van der Waals surface area contributed by atoms with Crippen molar-refractivity contribution in [2.45, 2.75) is 17.3 Å². The van der Waals surface area contributed by atoms with E-state index in [0.29, 0.717) is 5.56 Å². The molecule has 22 heavy (non-hydrogen) atoms. The number of benzene rings is 2. The molecule has 1 heterocycles. The van der Waals surface area contributed by atoms with Gasteiger partial charge in [-0.15, -0.1) is 0 Å². The first kappa shape index (κ1) is 15.0. The van der Waals surface area contributed by atoms with Crippen LogP contribution in [-0.4, -0.2) is 12.9 Å². The molecule has 1 aliphatic heterocycles. The zero-order chi connectivity index (χ0) is 16.0. The quantitative estimate of drug-likeness (QED) is 0.812. The number of alkyl halides is 3. The van der Waals surface area contributed by atoms with Gasteiger partial charge in [-0.25, -0.2) is 8.42 Å². The summed E-state index contributed by atoms with van der Waals surface area (Å²) in [6.07, 6.45) is -5.25. The van der Waals surface area contributed by atoms with Crippen LogP contribution in [0.5, 0.6) is 0 Å². The molecule has 0 amide bonds. The predicted molar refractivity (Wildman–Crippen MR) is 70.7 cm³/mol. The third-order valence-corrected chi connectivity index (χ3v) is 4.77. The zero-order valence-corrected chi connectivity index (χ0v) is 11.8. The second-order valence-electron chi connectivity index (χ2n) is 4.65. The Morgan fingerprint density at radius 1 is 0.955 bits per heavy atom. The van der Waals surface area contributed by atoms with Gasteiger partial charge in [-0.05, 0) is 28.7 Å². The van der Waals surface area contributed by atoms with Gasteiger partial charge in [0.2, 0.25) is 0 Å². The summed E-state index contributed by atoms with van der Waals surface area (Å²) in [5.41, 5.74) is -0.254. The fourth-order valence-electron chi connectivity index (χ4n) is 1.97. The van der Waals surface area contributed by atoms with E-state index in [-0.39, 0.29) is 4.90 Å². The highest BCUT2D eigenvalue weighted by Crippen LogP contribution is 2.42. The minimum absolute atomic E-state index is 0.251. The van der Waals surface area contributed by atoms with Crippen molar-refractivity contribution in [1.29, 1.82) is 0 Å². The maximum Gasteiger partial charge on any atom is 0.416 e. The molecule has 0 radical (unpaired) electrons. The Kier molecular flexibility index (Phi) is 3.47. The molecule has 8 heteroatoms. The first-order chi connectivity index (χ1) is 10.3. The Hall–Kier alpha value is -1.90. The van der Waals surface area contributed by atoms with E-state index in [2.05, 4.69) is 0 Å². The van der Waals surface area contributed by atoms with Crippen LogP contribution < -0.4 is 0 Å². The molecule has 0 saturated carbocycles. The molecule has 2 atom stereocenters. The molecular formula is C14H10F3NO3S. The fraction of sp³-hybridized carbons (Fsp3) is 0.143. The first-order valence-electron chi connectivity index (χ1n) is 6.23. The molecule has 2 unspecified atom stereocenters. The number of hydrogen-bond donors (Lipinski definition) is 0. The topological polar surface area (TPSA) is 49.7 Å². The second-order valence-corrected chi connectivity index (χ2v) is 6.43. The highest BCUT2D eigenvalue weighted by atomic mass is 32.2. The van der Waals surface area contributed by atoms with Crippen molar-refractivity contribution in [2.24, 2.45) is 0 Å². The summed E-state index contributed by atoms with van der Waals surface area (Å²) in [6.45, 7) is 0. The molecule has 1 fully saturated rings. The van der Waals surface area contributed by atoms with Crippen molar-refractivity contribution in [2.75, 3.05) is 0 Å². The van der Waals surface area contributed by atoms with Crippen molar-refractivity contribution in [3.05, 3.63) is 65.7 Å². The number of hydrogen-bond acceptors (Lipinski definition) is 3. The van der Waals surface area contributed by atoms with Gasteiger partial charge in [0.25, 0.3) is 10.0 Å². The lowest BCUT2D eigenvalue weighted by Gasteiger charge is -2.07. The third kappa shape index (κ3) is 2.72. The monoisotopic (exact) mass is 329 g/mol. The molecule has 2 aromatic carbocycles. The van der Waals surface area contributed by atoms with E-state index in [1.165, 1.54) is 0 Å². The molecule has 0 aliphatic carbocycles. The van der Waals surface area contributed by atoms with Crippen molar-refractivity contribution in [3.63, 3.8) is 0 Å². The van der Waals surface area contributed by atoms with E-state index in [1.54, 1.807) is 30.3 Å². The zero-order valence-electron chi connectivity index (χ0n) is 11.0. The molecule has 1 saturated heterocycles. The summed E-state index contributed by atoms with van der Waals surface area (Å²) >= 11 is 0. The van der Waals surface area contributed by atoms with Crippen molar-refractivity contribution < 1.29 is 26.4 Å². The van der Waals surface area contributed by atoms with Crippen LogP contribution in [0.25, 0.3) is 0 Å². The van der Waals surface area contributed by atoms with Crippen molar-refractivity contribution in [3.8, 4) is 0 Å². The maximum atomic E-state index is 12.5. The Morgan fingerprint density at radius 3 is 2.09 bits per heavy atom.